The van der Waals surface area contributed by atoms with E-state index in [4.69, 9.17) is 0 Å². The van der Waals surface area contributed by atoms with E-state index in [1.54, 1.807) is 12.3 Å². The molecule has 0 saturated heterocycles. The van der Waals surface area contributed by atoms with Crippen LogP contribution in [0.5, 0.6) is 0 Å². The average molecular weight is 358 g/mol. The van der Waals surface area contributed by atoms with Crippen molar-refractivity contribution < 1.29 is 14.7 Å². The van der Waals surface area contributed by atoms with Gasteiger partial charge in [-0.05, 0) is 34.5 Å². The summed E-state index contributed by atoms with van der Waals surface area (Å²) in [6, 6.07) is 20.8. The van der Waals surface area contributed by atoms with Gasteiger partial charge >= 0.3 is 5.97 Å². The molecule has 0 aliphatic carbocycles. The number of carbonyl (C=O) groups is 2. The minimum Gasteiger partial charge on any atom is -0.481 e. The highest BCUT2D eigenvalue weighted by atomic mass is 16.4. The van der Waals surface area contributed by atoms with Crippen LogP contribution in [0.1, 0.15) is 21.8 Å². The van der Waals surface area contributed by atoms with E-state index in [0.29, 0.717) is 11.1 Å². The van der Waals surface area contributed by atoms with Gasteiger partial charge in [0, 0.05) is 29.2 Å². The summed E-state index contributed by atoms with van der Waals surface area (Å²) < 4.78 is 0. The lowest BCUT2D eigenvalue weighted by atomic mass is 9.98. The topological polar surface area (TPSA) is 82.2 Å². The first-order chi connectivity index (χ1) is 13.1. The predicted molar refractivity (Wildman–Crippen MR) is 105 cm³/mol. The molecule has 0 saturated carbocycles. The van der Waals surface area contributed by atoms with Crippen LogP contribution < -0.4 is 5.32 Å². The van der Waals surface area contributed by atoms with E-state index < -0.39 is 11.9 Å². The van der Waals surface area contributed by atoms with Crippen molar-refractivity contribution in [1.29, 1.82) is 0 Å². The number of para-hydroxylation sites is 1. The molecule has 3 N–H and O–H groups in total. The van der Waals surface area contributed by atoms with E-state index in [1.807, 2.05) is 60.7 Å². The molecular weight excluding hydrogens is 340 g/mol. The predicted octanol–water partition coefficient (Wildman–Crippen LogP) is 3.92. The molecule has 1 atom stereocenters. The van der Waals surface area contributed by atoms with Crippen LogP contribution in [0.4, 0.5) is 0 Å². The van der Waals surface area contributed by atoms with Crippen LogP contribution >= 0.6 is 0 Å². The quantitative estimate of drug-likeness (QED) is 0.506. The van der Waals surface area contributed by atoms with Crippen LogP contribution in [0.25, 0.3) is 21.7 Å². The lowest BCUT2D eigenvalue weighted by molar-refractivity contribution is -0.138. The fourth-order valence-electron chi connectivity index (χ4n) is 3.34. The molecule has 0 spiro atoms. The van der Waals surface area contributed by atoms with Gasteiger partial charge in [-0.2, -0.15) is 0 Å². The number of hydrogen-bond donors (Lipinski definition) is 3. The second-order valence-electron chi connectivity index (χ2n) is 6.45. The average Bonchev–Trinajstić information content (AvgIpc) is 3.11. The summed E-state index contributed by atoms with van der Waals surface area (Å²) in [6.45, 7) is 0.0167. The van der Waals surface area contributed by atoms with E-state index in [2.05, 4.69) is 10.3 Å². The van der Waals surface area contributed by atoms with E-state index in [1.165, 1.54) is 0 Å². The Morgan fingerprint density at radius 1 is 0.963 bits per heavy atom. The number of H-pyrrole nitrogens is 1. The third kappa shape index (κ3) is 3.27. The van der Waals surface area contributed by atoms with Gasteiger partial charge in [-0.25, -0.2) is 0 Å². The van der Waals surface area contributed by atoms with Gasteiger partial charge in [0.25, 0.3) is 5.91 Å². The summed E-state index contributed by atoms with van der Waals surface area (Å²) in [5.74, 6) is -2.09. The first-order valence-corrected chi connectivity index (χ1v) is 8.69. The maximum atomic E-state index is 12.5. The number of benzene rings is 3. The third-order valence-corrected chi connectivity index (χ3v) is 4.77. The highest BCUT2D eigenvalue weighted by Gasteiger charge is 2.24. The number of aliphatic carboxylic acids is 1. The van der Waals surface area contributed by atoms with Gasteiger partial charge < -0.3 is 15.4 Å². The SMILES string of the molecule is O=C(NC[C@@H](C(=O)O)c1c[nH]c2ccccc12)c1ccc2ccccc2c1. The Morgan fingerprint density at radius 2 is 1.70 bits per heavy atom. The number of fused-ring (bicyclic) bond motifs is 2. The molecule has 1 amide bonds. The van der Waals surface area contributed by atoms with Gasteiger partial charge in [-0.1, -0.05) is 48.5 Å². The summed E-state index contributed by atoms with van der Waals surface area (Å²) in [5.41, 5.74) is 2.05. The molecular formula is C22H18N2O3. The van der Waals surface area contributed by atoms with Gasteiger partial charge in [0.1, 0.15) is 5.92 Å². The molecule has 0 aliphatic heterocycles. The first-order valence-electron chi connectivity index (χ1n) is 8.69. The maximum Gasteiger partial charge on any atom is 0.312 e. The zero-order valence-corrected chi connectivity index (χ0v) is 14.5. The number of carboxylic acid groups (broad SMARTS) is 1. The van der Waals surface area contributed by atoms with Crippen molar-refractivity contribution in [3.05, 3.63) is 84.1 Å². The summed E-state index contributed by atoms with van der Waals surface area (Å²) in [7, 11) is 0. The largest absolute Gasteiger partial charge is 0.481 e. The molecule has 27 heavy (non-hydrogen) atoms. The standard InChI is InChI=1S/C22H18N2O3/c25-21(16-10-9-14-5-1-2-6-15(14)11-16)24-13-19(22(26)27)18-12-23-20-8-4-3-7-17(18)20/h1-12,19,23H,13H2,(H,24,25)(H,26,27)/t19-/m1/s1. The molecule has 0 radical (unpaired) electrons. The summed E-state index contributed by atoms with van der Waals surface area (Å²) in [5, 5.41) is 15.3. The Balaban J connectivity index is 1.55. The van der Waals surface area contributed by atoms with Crippen LogP contribution in [0, 0.1) is 0 Å². The first kappa shape index (κ1) is 16.8. The van der Waals surface area contributed by atoms with Crippen LogP contribution in [-0.4, -0.2) is 28.5 Å². The Bertz CT molecular complexity index is 1150. The molecule has 0 unspecified atom stereocenters. The summed E-state index contributed by atoms with van der Waals surface area (Å²) in [4.78, 5) is 27.4. The van der Waals surface area contributed by atoms with Crippen molar-refractivity contribution in [3.63, 3.8) is 0 Å². The third-order valence-electron chi connectivity index (χ3n) is 4.77. The van der Waals surface area contributed by atoms with Gasteiger partial charge in [-0.3, -0.25) is 9.59 Å². The van der Waals surface area contributed by atoms with E-state index in [-0.39, 0.29) is 12.5 Å². The minimum absolute atomic E-state index is 0.0167. The zero-order chi connectivity index (χ0) is 18.8. The summed E-state index contributed by atoms with van der Waals surface area (Å²) in [6.07, 6.45) is 1.70. The molecule has 0 fully saturated rings. The van der Waals surface area contributed by atoms with Crippen LogP contribution in [-0.2, 0) is 4.79 Å². The number of rotatable bonds is 5. The fourth-order valence-corrected chi connectivity index (χ4v) is 3.34. The number of amides is 1. The second kappa shape index (κ2) is 6.96. The van der Waals surface area contributed by atoms with Gasteiger partial charge in [0.05, 0.1) is 0 Å². The van der Waals surface area contributed by atoms with Crippen molar-refractivity contribution in [2.24, 2.45) is 0 Å². The Hall–Kier alpha value is -3.60. The number of hydrogen-bond acceptors (Lipinski definition) is 2. The number of carbonyl (C=O) groups excluding carboxylic acids is 1. The molecule has 0 aliphatic rings. The van der Waals surface area contributed by atoms with Crippen LogP contribution in [0.15, 0.2) is 72.9 Å². The molecule has 3 aromatic carbocycles. The Kier molecular flexibility index (Phi) is 4.34. The van der Waals surface area contributed by atoms with Crippen molar-refractivity contribution >= 4 is 33.6 Å². The highest BCUT2D eigenvalue weighted by Crippen LogP contribution is 2.25. The number of aromatic amines is 1. The van der Waals surface area contributed by atoms with Crippen molar-refractivity contribution in [3.8, 4) is 0 Å². The highest BCUT2D eigenvalue weighted by molar-refractivity contribution is 5.99. The zero-order valence-electron chi connectivity index (χ0n) is 14.5. The number of nitrogens with one attached hydrogen (secondary N) is 2. The molecule has 0 bridgehead atoms. The maximum absolute atomic E-state index is 12.5. The van der Waals surface area contributed by atoms with Crippen LogP contribution in [0.3, 0.4) is 0 Å². The Morgan fingerprint density at radius 3 is 2.52 bits per heavy atom. The fraction of sp³-hybridized carbons (Fsp3) is 0.0909. The van der Waals surface area contributed by atoms with Gasteiger partial charge in [0.2, 0.25) is 0 Å². The summed E-state index contributed by atoms with van der Waals surface area (Å²) >= 11 is 0. The smallest absolute Gasteiger partial charge is 0.312 e. The molecule has 134 valence electrons. The molecule has 5 nitrogen and oxygen atoms in total. The van der Waals surface area contributed by atoms with Crippen molar-refractivity contribution in [2.45, 2.75) is 5.92 Å². The van der Waals surface area contributed by atoms with E-state index >= 15 is 0 Å². The molecule has 4 aromatic rings. The normalized spacial score (nSPS) is 12.1. The monoisotopic (exact) mass is 358 g/mol. The van der Waals surface area contributed by atoms with Crippen molar-refractivity contribution in [1.82, 2.24) is 10.3 Å². The van der Waals surface area contributed by atoms with E-state index in [0.717, 1.165) is 21.7 Å². The number of carboxylic acids is 1. The van der Waals surface area contributed by atoms with Gasteiger partial charge in [-0.15, -0.1) is 0 Å². The Labute approximate surface area is 155 Å². The molecule has 5 heteroatoms. The molecule has 1 heterocycles. The molecule has 1 aromatic heterocycles. The minimum atomic E-state index is -0.974. The lowest BCUT2D eigenvalue weighted by Crippen LogP contribution is -2.31. The van der Waals surface area contributed by atoms with Gasteiger partial charge in [0.15, 0.2) is 0 Å². The lowest BCUT2D eigenvalue weighted by Gasteiger charge is -2.13. The van der Waals surface area contributed by atoms with Crippen LogP contribution in [0.2, 0.25) is 0 Å². The van der Waals surface area contributed by atoms with Crippen molar-refractivity contribution in [2.75, 3.05) is 6.54 Å². The van der Waals surface area contributed by atoms with E-state index in [9.17, 15) is 14.7 Å². The number of aromatic nitrogens is 1. The second-order valence-corrected chi connectivity index (χ2v) is 6.45. The molecule has 4 rings (SSSR count).